The highest BCUT2D eigenvalue weighted by atomic mass is 16.5. The summed E-state index contributed by atoms with van der Waals surface area (Å²) in [4.78, 5) is 10.6. The molecule has 4 heteroatoms. The van der Waals surface area contributed by atoms with Crippen molar-refractivity contribution in [3.8, 4) is 5.75 Å². The number of nitrogens with two attached hydrogens (primary N) is 1. The van der Waals surface area contributed by atoms with Gasteiger partial charge in [-0.2, -0.15) is 0 Å². The molecule has 0 aliphatic carbocycles. The maximum absolute atomic E-state index is 10.6. The van der Waals surface area contributed by atoms with Crippen LogP contribution in [-0.4, -0.2) is 24.2 Å². The van der Waals surface area contributed by atoms with E-state index in [1.54, 1.807) is 0 Å². The summed E-state index contributed by atoms with van der Waals surface area (Å²) in [5.74, 6) is 0.300. The Bertz CT molecular complexity index is 403. The van der Waals surface area contributed by atoms with Crippen molar-refractivity contribution in [3.63, 3.8) is 0 Å². The standard InChI is InChI=1S/C12H15NO3/c13-7-9-3-4-16-11-5-8(6-12(14)15)1-2-10(9)11/h1-2,5,9H,3-4,6-7,13H2,(H,14,15). The van der Waals surface area contributed by atoms with Gasteiger partial charge in [0.1, 0.15) is 5.75 Å². The van der Waals surface area contributed by atoms with Crippen LogP contribution in [0.3, 0.4) is 0 Å². The van der Waals surface area contributed by atoms with Crippen molar-refractivity contribution in [1.29, 1.82) is 0 Å². The number of rotatable bonds is 3. The van der Waals surface area contributed by atoms with E-state index in [1.807, 2.05) is 18.2 Å². The molecule has 1 aliphatic rings. The summed E-state index contributed by atoms with van der Waals surface area (Å²) in [6, 6.07) is 5.58. The Hall–Kier alpha value is -1.55. The molecule has 3 N–H and O–H groups in total. The van der Waals surface area contributed by atoms with Crippen molar-refractivity contribution >= 4 is 5.97 Å². The van der Waals surface area contributed by atoms with E-state index in [-0.39, 0.29) is 6.42 Å². The van der Waals surface area contributed by atoms with Gasteiger partial charge in [0.15, 0.2) is 0 Å². The average molecular weight is 221 g/mol. The normalized spacial score (nSPS) is 18.7. The molecule has 1 atom stereocenters. The van der Waals surface area contributed by atoms with Crippen LogP contribution in [0.15, 0.2) is 18.2 Å². The lowest BCUT2D eigenvalue weighted by Gasteiger charge is -2.25. The first-order chi connectivity index (χ1) is 7.70. The molecule has 2 rings (SSSR count). The molecule has 1 aliphatic heterocycles. The second-order valence-electron chi connectivity index (χ2n) is 4.01. The van der Waals surface area contributed by atoms with E-state index >= 15 is 0 Å². The first kappa shape index (κ1) is 11.0. The lowest BCUT2D eigenvalue weighted by Crippen LogP contribution is -2.21. The number of carbonyl (C=O) groups is 1. The van der Waals surface area contributed by atoms with Crippen molar-refractivity contribution in [2.24, 2.45) is 5.73 Å². The van der Waals surface area contributed by atoms with Crippen molar-refractivity contribution < 1.29 is 14.6 Å². The molecule has 1 heterocycles. The van der Waals surface area contributed by atoms with Crippen LogP contribution in [0.1, 0.15) is 23.5 Å². The zero-order chi connectivity index (χ0) is 11.5. The van der Waals surface area contributed by atoms with Crippen LogP contribution in [0.25, 0.3) is 0 Å². The number of hydrogen-bond donors (Lipinski definition) is 2. The van der Waals surface area contributed by atoms with Gasteiger partial charge in [0.2, 0.25) is 0 Å². The van der Waals surface area contributed by atoms with Gasteiger partial charge in [-0.05, 0) is 30.2 Å². The lowest BCUT2D eigenvalue weighted by atomic mass is 9.92. The van der Waals surface area contributed by atoms with Gasteiger partial charge in [-0.3, -0.25) is 4.79 Å². The van der Waals surface area contributed by atoms with Gasteiger partial charge in [0.05, 0.1) is 13.0 Å². The molecule has 0 aromatic heterocycles. The Balaban J connectivity index is 2.28. The van der Waals surface area contributed by atoms with Crippen molar-refractivity contribution in [3.05, 3.63) is 29.3 Å². The molecule has 4 nitrogen and oxygen atoms in total. The first-order valence-corrected chi connectivity index (χ1v) is 5.38. The fourth-order valence-corrected chi connectivity index (χ4v) is 2.04. The molecule has 16 heavy (non-hydrogen) atoms. The SMILES string of the molecule is NCC1CCOc2cc(CC(=O)O)ccc21. The third kappa shape index (κ3) is 2.17. The molecule has 1 aromatic rings. The number of ether oxygens (including phenoxy) is 1. The second kappa shape index (κ2) is 4.53. The predicted molar refractivity (Wildman–Crippen MR) is 59.7 cm³/mol. The molecule has 0 saturated heterocycles. The summed E-state index contributed by atoms with van der Waals surface area (Å²) in [5, 5.41) is 8.71. The summed E-state index contributed by atoms with van der Waals surface area (Å²) in [6.07, 6.45) is 0.964. The molecule has 1 unspecified atom stereocenters. The number of carboxylic acids is 1. The average Bonchev–Trinajstić information content (AvgIpc) is 2.27. The van der Waals surface area contributed by atoms with Crippen LogP contribution in [0.4, 0.5) is 0 Å². The van der Waals surface area contributed by atoms with Gasteiger partial charge in [-0.1, -0.05) is 12.1 Å². The minimum absolute atomic E-state index is 0.0317. The quantitative estimate of drug-likeness (QED) is 0.802. The lowest BCUT2D eigenvalue weighted by molar-refractivity contribution is -0.136. The third-order valence-corrected chi connectivity index (χ3v) is 2.88. The molecular formula is C12H15NO3. The molecule has 0 radical (unpaired) electrons. The van der Waals surface area contributed by atoms with Crippen molar-refractivity contribution in [1.82, 2.24) is 0 Å². The van der Waals surface area contributed by atoms with Crippen LogP contribution < -0.4 is 10.5 Å². The maximum Gasteiger partial charge on any atom is 0.307 e. The van der Waals surface area contributed by atoms with E-state index in [2.05, 4.69) is 0 Å². The fraction of sp³-hybridized carbons (Fsp3) is 0.417. The Morgan fingerprint density at radius 2 is 2.38 bits per heavy atom. The highest BCUT2D eigenvalue weighted by molar-refractivity contribution is 5.70. The minimum Gasteiger partial charge on any atom is -0.493 e. The summed E-state index contributed by atoms with van der Waals surface area (Å²) < 4.78 is 5.53. The minimum atomic E-state index is -0.828. The Morgan fingerprint density at radius 1 is 1.56 bits per heavy atom. The van der Waals surface area contributed by atoms with E-state index in [1.165, 1.54) is 0 Å². The predicted octanol–water partition coefficient (Wildman–Crippen LogP) is 1.14. The van der Waals surface area contributed by atoms with Crippen LogP contribution in [-0.2, 0) is 11.2 Å². The van der Waals surface area contributed by atoms with Gasteiger partial charge >= 0.3 is 5.97 Å². The van der Waals surface area contributed by atoms with Crippen LogP contribution in [0, 0.1) is 0 Å². The summed E-state index contributed by atoms with van der Waals surface area (Å²) in [5.41, 5.74) is 7.55. The summed E-state index contributed by atoms with van der Waals surface area (Å²) >= 11 is 0. The topological polar surface area (TPSA) is 72.5 Å². The van der Waals surface area contributed by atoms with Gasteiger partial charge < -0.3 is 15.6 Å². The van der Waals surface area contributed by atoms with E-state index in [0.29, 0.717) is 19.1 Å². The number of aliphatic carboxylic acids is 1. The van der Waals surface area contributed by atoms with Crippen molar-refractivity contribution in [2.75, 3.05) is 13.2 Å². The number of benzene rings is 1. The van der Waals surface area contributed by atoms with Gasteiger partial charge in [-0.15, -0.1) is 0 Å². The summed E-state index contributed by atoms with van der Waals surface area (Å²) in [6.45, 7) is 1.26. The number of hydrogen-bond acceptors (Lipinski definition) is 3. The molecule has 0 amide bonds. The zero-order valence-electron chi connectivity index (χ0n) is 8.98. The maximum atomic E-state index is 10.6. The number of carboxylic acid groups (broad SMARTS) is 1. The van der Waals surface area contributed by atoms with E-state index < -0.39 is 5.97 Å². The van der Waals surface area contributed by atoms with Crippen molar-refractivity contribution in [2.45, 2.75) is 18.8 Å². The van der Waals surface area contributed by atoms with Gasteiger partial charge in [0, 0.05) is 5.92 Å². The Morgan fingerprint density at radius 3 is 3.06 bits per heavy atom. The molecule has 0 fully saturated rings. The monoisotopic (exact) mass is 221 g/mol. The van der Waals surface area contributed by atoms with Gasteiger partial charge in [-0.25, -0.2) is 0 Å². The largest absolute Gasteiger partial charge is 0.493 e. The summed E-state index contributed by atoms with van der Waals surface area (Å²) in [7, 11) is 0. The Kier molecular flexibility index (Phi) is 3.10. The molecular weight excluding hydrogens is 206 g/mol. The van der Waals surface area contributed by atoms with Crippen LogP contribution >= 0.6 is 0 Å². The highest BCUT2D eigenvalue weighted by Crippen LogP contribution is 2.33. The second-order valence-corrected chi connectivity index (χ2v) is 4.01. The zero-order valence-corrected chi connectivity index (χ0v) is 8.98. The smallest absolute Gasteiger partial charge is 0.307 e. The highest BCUT2D eigenvalue weighted by Gasteiger charge is 2.20. The molecule has 1 aromatic carbocycles. The number of fused-ring (bicyclic) bond motifs is 1. The molecule has 0 spiro atoms. The third-order valence-electron chi connectivity index (χ3n) is 2.88. The Labute approximate surface area is 94.0 Å². The van der Waals surface area contributed by atoms with Crippen LogP contribution in [0.2, 0.25) is 0 Å². The van der Waals surface area contributed by atoms with Gasteiger partial charge in [0.25, 0.3) is 0 Å². The molecule has 0 bridgehead atoms. The molecule has 86 valence electrons. The fourth-order valence-electron chi connectivity index (χ4n) is 2.04. The van der Waals surface area contributed by atoms with Crippen LogP contribution in [0.5, 0.6) is 5.75 Å². The van der Waals surface area contributed by atoms with E-state index in [0.717, 1.165) is 23.3 Å². The molecule has 0 saturated carbocycles. The first-order valence-electron chi connectivity index (χ1n) is 5.38. The van der Waals surface area contributed by atoms with E-state index in [9.17, 15) is 4.79 Å². The van der Waals surface area contributed by atoms with E-state index in [4.69, 9.17) is 15.6 Å².